The molecule has 0 aliphatic carbocycles. The summed E-state index contributed by atoms with van der Waals surface area (Å²) in [5.41, 5.74) is 0. The van der Waals surface area contributed by atoms with Crippen LogP contribution in [-0.4, -0.2) is 39.6 Å². The minimum atomic E-state index is 0.657. The summed E-state index contributed by atoms with van der Waals surface area (Å²) in [4.78, 5) is 0. The van der Waals surface area contributed by atoms with Gasteiger partial charge < -0.3 is 18.9 Å². The molecule has 4 heteroatoms. The van der Waals surface area contributed by atoms with E-state index in [2.05, 4.69) is 13.2 Å². The smallest absolute Gasteiger partial charge is 0.0877 e. The summed E-state index contributed by atoms with van der Waals surface area (Å²) in [6.45, 7) is 13.3. The minimum absolute atomic E-state index is 0.657. The molecule has 0 heterocycles. The largest absolute Gasteiger partial charge is 0.502 e. The molecule has 4 nitrogen and oxygen atoms in total. The van der Waals surface area contributed by atoms with Gasteiger partial charge in [-0.05, 0) is 32.6 Å². The fourth-order valence-corrected chi connectivity index (χ4v) is 1.35. The third kappa shape index (κ3) is 17.0. The van der Waals surface area contributed by atoms with Crippen LogP contribution in [0.3, 0.4) is 0 Å². The highest BCUT2D eigenvalue weighted by molar-refractivity contribution is 4.73. The van der Waals surface area contributed by atoms with E-state index in [1.165, 1.54) is 6.26 Å². The van der Waals surface area contributed by atoms with Gasteiger partial charge in [-0.25, -0.2) is 0 Å². The van der Waals surface area contributed by atoms with Crippen molar-refractivity contribution in [3.05, 3.63) is 25.2 Å². The highest BCUT2D eigenvalue weighted by atomic mass is 16.5. The van der Waals surface area contributed by atoms with Crippen LogP contribution in [0.1, 0.15) is 32.6 Å². The molecule has 0 bridgehead atoms. The summed E-state index contributed by atoms with van der Waals surface area (Å²) in [6.07, 6.45) is 5.47. The van der Waals surface area contributed by atoms with Crippen LogP contribution in [0.4, 0.5) is 0 Å². The molecule has 0 aliphatic rings. The van der Waals surface area contributed by atoms with E-state index in [0.29, 0.717) is 13.2 Å². The zero-order valence-corrected chi connectivity index (χ0v) is 12.2. The lowest BCUT2D eigenvalue weighted by molar-refractivity contribution is 0.0423. The van der Waals surface area contributed by atoms with Crippen LogP contribution in [0.15, 0.2) is 25.2 Å². The second-order valence-electron chi connectivity index (χ2n) is 4.23. The molecule has 112 valence electrons. The molecule has 19 heavy (non-hydrogen) atoms. The van der Waals surface area contributed by atoms with Gasteiger partial charge in [-0.2, -0.15) is 0 Å². The Bertz CT molecular complexity index is 216. The molecule has 0 saturated heterocycles. The van der Waals surface area contributed by atoms with Crippen molar-refractivity contribution >= 4 is 0 Å². The summed E-state index contributed by atoms with van der Waals surface area (Å²) < 4.78 is 21.1. The Hall–Kier alpha value is -1.00. The molecular weight excluding hydrogens is 244 g/mol. The van der Waals surface area contributed by atoms with Crippen molar-refractivity contribution in [1.82, 2.24) is 0 Å². The Kier molecular flexibility index (Phi) is 14.3. The maximum absolute atomic E-state index is 5.44. The van der Waals surface area contributed by atoms with E-state index in [1.807, 2.05) is 6.92 Å². The zero-order chi connectivity index (χ0) is 14.2. The summed E-state index contributed by atoms with van der Waals surface area (Å²) in [7, 11) is 0. The average Bonchev–Trinajstić information content (AvgIpc) is 2.39. The Morgan fingerprint density at radius 1 is 0.842 bits per heavy atom. The maximum Gasteiger partial charge on any atom is 0.0877 e. The SMILES string of the molecule is C=COCCCCOCCOCCCCOC(=C)C. The molecule has 0 aliphatic heterocycles. The molecule has 0 aromatic rings. The Morgan fingerprint density at radius 3 is 1.89 bits per heavy atom. The van der Waals surface area contributed by atoms with E-state index < -0.39 is 0 Å². The Morgan fingerprint density at radius 2 is 1.37 bits per heavy atom. The van der Waals surface area contributed by atoms with Crippen LogP contribution >= 0.6 is 0 Å². The summed E-state index contributed by atoms with van der Waals surface area (Å²) in [5, 5.41) is 0. The summed E-state index contributed by atoms with van der Waals surface area (Å²) in [5.74, 6) is 0.771. The van der Waals surface area contributed by atoms with Crippen molar-refractivity contribution in [3.63, 3.8) is 0 Å². The summed E-state index contributed by atoms with van der Waals surface area (Å²) >= 11 is 0. The number of ether oxygens (including phenoxy) is 4. The average molecular weight is 272 g/mol. The molecule has 0 amide bonds. The van der Waals surface area contributed by atoms with E-state index in [-0.39, 0.29) is 0 Å². The predicted molar refractivity (Wildman–Crippen MR) is 77.0 cm³/mol. The highest BCUT2D eigenvalue weighted by Gasteiger charge is 1.93. The van der Waals surface area contributed by atoms with E-state index in [9.17, 15) is 0 Å². The van der Waals surface area contributed by atoms with Crippen LogP contribution in [-0.2, 0) is 18.9 Å². The normalized spacial score (nSPS) is 10.2. The first-order valence-corrected chi connectivity index (χ1v) is 6.93. The van der Waals surface area contributed by atoms with Crippen LogP contribution in [0.2, 0.25) is 0 Å². The number of hydrogen-bond acceptors (Lipinski definition) is 4. The van der Waals surface area contributed by atoms with Gasteiger partial charge in [-0.1, -0.05) is 13.2 Å². The molecule has 0 aromatic heterocycles. The van der Waals surface area contributed by atoms with Gasteiger partial charge in [-0.15, -0.1) is 0 Å². The van der Waals surface area contributed by atoms with Crippen LogP contribution < -0.4 is 0 Å². The molecule has 0 saturated carbocycles. The van der Waals surface area contributed by atoms with E-state index in [4.69, 9.17) is 18.9 Å². The molecule has 0 rings (SSSR count). The molecule has 0 N–H and O–H groups in total. The van der Waals surface area contributed by atoms with Crippen molar-refractivity contribution < 1.29 is 18.9 Å². The molecule has 0 unspecified atom stereocenters. The van der Waals surface area contributed by atoms with Gasteiger partial charge in [0.15, 0.2) is 0 Å². The Balaban J connectivity index is 2.95. The van der Waals surface area contributed by atoms with Crippen LogP contribution in [0.5, 0.6) is 0 Å². The lowest BCUT2D eigenvalue weighted by Crippen LogP contribution is -2.07. The maximum atomic E-state index is 5.44. The first-order valence-electron chi connectivity index (χ1n) is 6.93. The Labute approximate surface area is 117 Å². The fourth-order valence-electron chi connectivity index (χ4n) is 1.35. The molecular formula is C15H28O4. The van der Waals surface area contributed by atoms with Crippen molar-refractivity contribution in [2.24, 2.45) is 0 Å². The minimum Gasteiger partial charge on any atom is -0.502 e. The molecule has 0 atom stereocenters. The number of unbranched alkanes of at least 4 members (excludes halogenated alkanes) is 2. The van der Waals surface area contributed by atoms with Crippen molar-refractivity contribution in [3.8, 4) is 0 Å². The van der Waals surface area contributed by atoms with Crippen molar-refractivity contribution in [1.29, 1.82) is 0 Å². The van der Waals surface area contributed by atoms with E-state index in [1.54, 1.807) is 0 Å². The molecule has 0 aromatic carbocycles. The van der Waals surface area contributed by atoms with E-state index >= 15 is 0 Å². The predicted octanol–water partition coefficient (Wildman–Crippen LogP) is 3.29. The van der Waals surface area contributed by atoms with Gasteiger partial charge in [0, 0.05) is 13.2 Å². The monoisotopic (exact) mass is 272 g/mol. The second kappa shape index (κ2) is 15.1. The van der Waals surface area contributed by atoms with Gasteiger partial charge in [0.2, 0.25) is 0 Å². The topological polar surface area (TPSA) is 36.9 Å². The van der Waals surface area contributed by atoms with E-state index in [0.717, 1.165) is 57.9 Å². The number of rotatable bonds is 15. The first kappa shape index (κ1) is 18.0. The van der Waals surface area contributed by atoms with Crippen molar-refractivity contribution in [2.45, 2.75) is 32.6 Å². The molecule has 0 spiro atoms. The van der Waals surface area contributed by atoms with Gasteiger partial charge in [-0.3, -0.25) is 0 Å². The molecule has 0 fully saturated rings. The third-order valence-electron chi connectivity index (χ3n) is 2.32. The fraction of sp³-hybridized carbons (Fsp3) is 0.733. The lowest BCUT2D eigenvalue weighted by Gasteiger charge is -2.07. The van der Waals surface area contributed by atoms with Crippen LogP contribution in [0.25, 0.3) is 0 Å². The van der Waals surface area contributed by atoms with Crippen LogP contribution in [0, 0.1) is 0 Å². The van der Waals surface area contributed by atoms with Gasteiger partial charge in [0.1, 0.15) is 0 Å². The zero-order valence-electron chi connectivity index (χ0n) is 12.2. The lowest BCUT2D eigenvalue weighted by atomic mass is 10.3. The van der Waals surface area contributed by atoms with Crippen molar-refractivity contribution in [2.75, 3.05) is 39.6 Å². The van der Waals surface area contributed by atoms with Gasteiger partial charge in [0.25, 0.3) is 0 Å². The highest BCUT2D eigenvalue weighted by Crippen LogP contribution is 1.96. The van der Waals surface area contributed by atoms with Gasteiger partial charge >= 0.3 is 0 Å². The first-order chi connectivity index (χ1) is 9.27. The third-order valence-corrected chi connectivity index (χ3v) is 2.32. The number of hydrogen-bond donors (Lipinski definition) is 0. The number of allylic oxidation sites excluding steroid dienone is 1. The molecule has 0 radical (unpaired) electrons. The van der Waals surface area contributed by atoms with Gasteiger partial charge in [0.05, 0.1) is 38.4 Å². The quantitative estimate of drug-likeness (QED) is 0.338. The summed E-state index contributed by atoms with van der Waals surface area (Å²) in [6, 6.07) is 0. The second-order valence-corrected chi connectivity index (χ2v) is 4.23. The standard InChI is InChI=1S/C15H28O4/c1-4-16-9-5-6-10-17-13-14-18-11-7-8-12-19-15(2)3/h4H,1-2,5-14H2,3H3.